The van der Waals surface area contributed by atoms with Gasteiger partial charge in [0.1, 0.15) is 11.4 Å². The molecule has 1 aromatic heterocycles. The zero-order valence-electron chi connectivity index (χ0n) is 9.03. The van der Waals surface area contributed by atoms with Gasteiger partial charge in [-0.25, -0.2) is 4.98 Å². The molecule has 1 heterocycles. The van der Waals surface area contributed by atoms with Gasteiger partial charge in [0.05, 0.1) is 0 Å². The number of nitrogens with zero attached hydrogens (tertiary/aromatic N) is 2. The predicted octanol–water partition coefficient (Wildman–Crippen LogP) is 1.15. The van der Waals surface area contributed by atoms with Gasteiger partial charge < -0.3 is 14.4 Å². The summed E-state index contributed by atoms with van der Waals surface area (Å²) in [6.07, 6.45) is 4.14. The lowest BCUT2D eigenvalue weighted by molar-refractivity contribution is 0.0106. The van der Waals surface area contributed by atoms with E-state index in [-0.39, 0.29) is 0 Å². The first-order valence-electron chi connectivity index (χ1n) is 4.84. The van der Waals surface area contributed by atoms with E-state index in [0.29, 0.717) is 18.9 Å². The van der Waals surface area contributed by atoms with E-state index in [9.17, 15) is 5.11 Å². The van der Waals surface area contributed by atoms with Crippen molar-refractivity contribution >= 4 is 0 Å². The van der Waals surface area contributed by atoms with Crippen molar-refractivity contribution < 1.29 is 9.84 Å². The number of ether oxygens (including phenoxy) is 1. The average Bonchev–Trinajstić information content (AvgIpc) is 2.63. The molecule has 0 aliphatic rings. The van der Waals surface area contributed by atoms with Gasteiger partial charge in [-0.2, -0.15) is 0 Å². The molecule has 4 nitrogen and oxygen atoms in total. The summed E-state index contributed by atoms with van der Waals surface area (Å²) in [6, 6.07) is 0. The van der Waals surface area contributed by atoms with Crippen molar-refractivity contribution in [1.82, 2.24) is 9.55 Å². The van der Waals surface area contributed by atoms with E-state index in [1.165, 1.54) is 0 Å². The van der Waals surface area contributed by atoms with Crippen molar-refractivity contribution in [3.63, 3.8) is 0 Å². The Kier molecular flexibility index (Phi) is 3.66. The number of aromatic nitrogens is 2. The van der Waals surface area contributed by atoms with Gasteiger partial charge in [-0.05, 0) is 13.8 Å². The smallest absolute Gasteiger partial charge is 0.140 e. The number of imidazole rings is 1. The number of methoxy groups -OCH3 is 1. The maximum Gasteiger partial charge on any atom is 0.140 e. The summed E-state index contributed by atoms with van der Waals surface area (Å²) < 4.78 is 6.89. The van der Waals surface area contributed by atoms with E-state index in [4.69, 9.17) is 4.74 Å². The lowest BCUT2D eigenvalue weighted by Crippen LogP contribution is -2.27. The molecule has 0 aromatic carbocycles. The molecule has 1 aromatic rings. The molecule has 0 aliphatic carbocycles. The Bertz CT molecular complexity index is 281. The largest absolute Gasteiger partial charge is 0.385 e. The Morgan fingerprint density at radius 1 is 1.64 bits per heavy atom. The Morgan fingerprint density at radius 3 is 2.93 bits per heavy atom. The molecular formula is C10H18N2O2. The second kappa shape index (κ2) is 4.57. The molecule has 0 bridgehead atoms. The van der Waals surface area contributed by atoms with Crippen molar-refractivity contribution in [1.29, 1.82) is 0 Å². The monoisotopic (exact) mass is 198 g/mol. The van der Waals surface area contributed by atoms with Crippen LogP contribution < -0.4 is 0 Å². The quantitative estimate of drug-likeness (QED) is 0.772. The number of aliphatic hydroxyl groups is 1. The molecular weight excluding hydrogens is 180 g/mol. The molecule has 0 aliphatic heterocycles. The standard InChI is InChI=1S/C10H18N2O2/c1-4-12-7-6-11-9(12)10(2,13)5-8-14-3/h6-7,13H,4-5,8H2,1-3H3. The van der Waals surface area contributed by atoms with Gasteiger partial charge in [-0.3, -0.25) is 0 Å². The topological polar surface area (TPSA) is 47.3 Å². The lowest BCUT2D eigenvalue weighted by Gasteiger charge is -2.23. The summed E-state index contributed by atoms with van der Waals surface area (Å²) in [5.74, 6) is 0.706. The van der Waals surface area contributed by atoms with Gasteiger partial charge in [0.25, 0.3) is 0 Å². The second-order valence-corrected chi connectivity index (χ2v) is 3.55. The average molecular weight is 198 g/mol. The molecule has 0 radical (unpaired) electrons. The molecule has 0 fully saturated rings. The van der Waals surface area contributed by atoms with Crippen molar-refractivity contribution in [2.75, 3.05) is 13.7 Å². The van der Waals surface area contributed by atoms with Crippen LogP contribution in [0.3, 0.4) is 0 Å². The van der Waals surface area contributed by atoms with Crippen LogP contribution in [0.25, 0.3) is 0 Å². The van der Waals surface area contributed by atoms with Crippen LogP contribution in [-0.2, 0) is 16.9 Å². The van der Waals surface area contributed by atoms with Gasteiger partial charge in [0, 0.05) is 39.1 Å². The summed E-state index contributed by atoms with van der Waals surface area (Å²) in [5, 5.41) is 10.2. The first-order valence-corrected chi connectivity index (χ1v) is 4.84. The van der Waals surface area contributed by atoms with Crippen molar-refractivity contribution in [2.24, 2.45) is 0 Å². The molecule has 4 heteroatoms. The highest BCUT2D eigenvalue weighted by molar-refractivity contribution is 5.03. The summed E-state index contributed by atoms with van der Waals surface area (Å²) in [5.41, 5.74) is -0.907. The van der Waals surface area contributed by atoms with Crippen LogP contribution in [0.2, 0.25) is 0 Å². The minimum atomic E-state index is -0.907. The van der Waals surface area contributed by atoms with Gasteiger partial charge in [0.2, 0.25) is 0 Å². The highest BCUT2D eigenvalue weighted by Gasteiger charge is 2.27. The molecule has 0 amide bonds. The zero-order valence-corrected chi connectivity index (χ0v) is 9.03. The van der Waals surface area contributed by atoms with E-state index < -0.39 is 5.60 Å². The first kappa shape index (κ1) is 11.2. The van der Waals surface area contributed by atoms with Gasteiger partial charge in [-0.15, -0.1) is 0 Å². The maximum absolute atomic E-state index is 10.2. The highest BCUT2D eigenvalue weighted by atomic mass is 16.5. The van der Waals surface area contributed by atoms with E-state index in [2.05, 4.69) is 4.98 Å². The highest BCUT2D eigenvalue weighted by Crippen LogP contribution is 2.22. The summed E-state index contributed by atoms with van der Waals surface area (Å²) in [7, 11) is 1.63. The molecule has 0 spiro atoms. The van der Waals surface area contributed by atoms with Crippen molar-refractivity contribution in [2.45, 2.75) is 32.4 Å². The van der Waals surface area contributed by atoms with E-state index in [1.54, 1.807) is 20.2 Å². The predicted molar refractivity (Wildman–Crippen MR) is 54.0 cm³/mol. The van der Waals surface area contributed by atoms with Crippen LogP contribution in [0.5, 0.6) is 0 Å². The normalized spacial score (nSPS) is 15.4. The van der Waals surface area contributed by atoms with Gasteiger partial charge in [-0.1, -0.05) is 0 Å². The molecule has 0 saturated carbocycles. The summed E-state index contributed by atoms with van der Waals surface area (Å²) in [4.78, 5) is 4.17. The third kappa shape index (κ3) is 2.33. The fraction of sp³-hybridized carbons (Fsp3) is 0.700. The van der Waals surface area contributed by atoms with Crippen LogP contribution in [0.1, 0.15) is 26.1 Å². The second-order valence-electron chi connectivity index (χ2n) is 3.55. The van der Waals surface area contributed by atoms with Crippen molar-refractivity contribution in [3.8, 4) is 0 Å². The third-order valence-electron chi connectivity index (χ3n) is 2.33. The van der Waals surface area contributed by atoms with Crippen LogP contribution >= 0.6 is 0 Å². The number of hydrogen-bond donors (Lipinski definition) is 1. The minimum absolute atomic E-state index is 0.531. The van der Waals surface area contributed by atoms with Crippen LogP contribution in [0.15, 0.2) is 12.4 Å². The third-order valence-corrected chi connectivity index (χ3v) is 2.33. The molecule has 1 rings (SSSR count). The summed E-state index contributed by atoms with van der Waals surface area (Å²) >= 11 is 0. The Balaban J connectivity index is 2.79. The van der Waals surface area contributed by atoms with Crippen LogP contribution in [0.4, 0.5) is 0 Å². The molecule has 1 atom stereocenters. The van der Waals surface area contributed by atoms with Crippen LogP contribution in [-0.4, -0.2) is 28.4 Å². The van der Waals surface area contributed by atoms with Crippen LogP contribution in [0, 0.1) is 0 Å². The van der Waals surface area contributed by atoms with E-state index in [1.807, 2.05) is 17.7 Å². The zero-order chi connectivity index (χ0) is 10.6. The molecule has 1 N–H and O–H groups in total. The lowest BCUT2D eigenvalue weighted by atomic mass is 10.0. The Morgan fingerprint density at radius 2 is 2.36 bits per heavy atom. The van der Waals surface area contributed by atoms with E-state index >= 15 is 0 Å². The summed E-state index contributed by atoms with van der Waals surface area (Å²) in [6.45, 7) is 5.14. The first-order chi connectivity index (χ1) is 6.61. The number of rotatable bonds is 5. The molecule has 1 unspecified atom stereocenters. The van der Waals surface area contributed by atoms with Gasteiger partial charge >= 0.3 is 0 Å². The Labute approximate surface area is 84.5 Å². The molecule has 80 valence electrons. The molecule has 0 saturated heterocycles. The Hall–Kier alpha value is -0.870. The maximum atomic E-state index is 10.2. The molecule has 14 heavy (non-hydrogen) atoms. The fourth-order valence-electron chi connectivity index (χ4n) is 1.45. The number of aryl methyl sites for hydroxylation is 1. The fourth-order valence-corrected chi connectivity index (χ4v) is 1.45. The van der Waals surface area contributed by atoms with Gasteiger partial charge in [0.15, 0.2) is 0 Å². The van der Waals surface area contributed by atoms with E-state index in [0.717, 1.165) is 6.54 Å². The minimum Gasteiger partial charge on any atom is -0.385 e. The SMILES string of the molecule is CCn1ccnc1C(C)(O)CCOC. The van der Waals surface area contributed by atoms with Crippen molar-refractivity contribution in [3.05, 3.63) is 18.2 Å². The number of hydrogen-bond acceptors (Lipinski definition) is 3.